The fourth-order valence-corrected chi connectivity index (χ4v) is 3.48. The highest BCUT2D eigenvalue weighted by molar-refractivity contribution is 6.30. The second-order valence-electron chi connectivity index (χ2n) is 8.57. The van der Waals surface area contributed by atoms with Crippen LogP contribution in [0.15, 0.2) is 41.0 Å². The van der Waals surface area contributed by atoms with Crippen molar-refractivity contribution >= 4 is 35.2 Å². The van der Waals surface area contributed by atoms with Gasteiger partial charge in [-0.3, -0.25) is 15.0 Å². The molecule has 1 aliphatic rings. The molecule has 11 heteroatoms. The molecule has 0 bridgehead atoms. The van der Waals surface area contributed by atoms with E-state index in [4.69, 9.17) is 37.3 Å². The molecule has 0 spiro atoms. The van der Waals surface area contributed by atoms with Gasteiger partial charge in [0.05, 0.1) is 5.60 Å². The number of nitrogen functional groups attached to an aromatic ring is 1. The van der Waals surface area contributed by atoms with Crippen LogP contribution >= 0.6 is 11.6 Å². The van der Waals surface area contributed by atoms with Crippen molar-refractivity contribution in [3.05, 3.63) is 52.1 Å². The molecule has 2 rings (SSSR count). The fraction of sp³-hybridized carbons (Fsp3) is 0.391. The van der Waals surface area contributed by atoms with Crippen LogP contribution in [-0.2, 0) is 25.7 Å². The topological polar surface area (TPSA) is 164 Å². The molecule has 0 fully saturated rings. The largest absolute Gasteiger partial charge is 0.483 e. The van der Waals surface area contributed by atoms with Gasteiger partial charge < -0.3 is 30.9 Å². The van der Waals surface area contributed by atoms with Crippen molar-refractivity contribution < 1.29 is 29.0 Å². The van der Waals surface area contributed by atoms with Crippen molar-refractivity contribution in [2.75, 3.05) is 13.7 Å². The summed E-state index contributed by atoms with van der Waals surface area (Å²) < 4.78 is 11.0. The Hall–Kier alpha value is -3.37. The van der Waals surface area contributed by atoms with Crippen LogP contribution < -0.4 is 21.1 Å². The molecule has 1 aromatic carbocycles. The number of benzene rings is 1. The summed E-state index contributed by atoms with van der Waals surface area (Å²) in [4.78, 5) is 36.1. The lowest BCUT2D eigenvalue weighted by molar-refractivity contribution is -0.146. The minimum absolute atomic E-state index is 0.0427. The number of hydrogen-bond donors (Lipinski definition) is 5. The zero-order chi connectivity index (χ0) is 25.7. The standard InChI is InChI=1S/C23H29ClN4O6/c1-22(2,21(31)32)28-18(29)12-34-17-8-13(19(25)26)5-6-14(17)11-27-20(30)15-7-16(24)10-23(3,9-15)33-4/h5-9H,10-12H2,1-4H3,(H3,25,26)(H,27,30)(H,28,29)(H,31,32). The number of rotatable bonds is 10. The number of amides is 2. The zero-order valence-corrected chi connectivity index (χ0v) is 20.2. The van der Waals surface area contributed by atoms with E-state index < -0.39 is 29.6 Å². The Balaban J connectivity index is 2.16. The molecule has 1 aromatic rings. The Kier molecular flexibility index (Phi) is 8.46. The van der Waals surface area contributed by atoms with Gasteiger partial charge in [-0.25, -0.2) is 4.79 Å². The van der Waals surface area contributed by atoms with Crippen LogP contribution in [0.25, 0.3) is 0 Å². The van der Waals surface area contributed by atoms with Crippen LogP contribution in [0.5, 0.6) is 5.75 Å². The summed E-state index contributed by atoms with van der Waals surface area (Å²) >= 11 is 6.18. The first kappa shape index (κ1) is 26.9. The number of carbonyl (C=O) groups is 3. The lowest BCUT2D eigenvalue weighted by Gasteiger charge is -2.28. The minimum Gasteiger partial charge on any atom is -0.483 e. The average Bonchev–Trinajstić information content (AvgIpc) is 2.75. The van der Waals surface area contributed by atoms with Gasteiger partial charge >= 0.3 is 5.97 Å². The highest BCUT2D eigenvalue weighted by Gasteiger charge is 2.30. The maximum atomic E-state index is 12.7. The molecule has 0 aromatic heterocycles. The van der Waals surface area contributed by atoms with Gasteiger partial charge in [-0.05, 0) is 39.0 Å². The van der Waals surface area contributed by atoms with Crippen molar-refractivity contribution in [3.63, 3.8) is 0 Å². The van der Waals surface area contributed by atoms with E-state index >= 15 is 0 Å². The van der Waals surface area contributed by atoms with E-state index in [0.717, 1.165) is 0 Å². The maximum Gasteiger partial charge on any atom is 0.328 e. The highest BCUT2D eigenvalue weighted by Crippen LogP contribution is 2.31. The van der Waals surface area contributed by atoms with E-state index in [0.29, 0.717) is 28.2 Å². The van der Waals surface area contributed by atoms with E-state index in [-0.39, 0.29) is 24.0 Å². The maximum absolute atomic E-state index is 12.7. The summed E-state index contributed by atoms with van der Waals surface area (Å²) in [5.74, 6) is -2.23. The zero-order valence-electron chi connectivity index (χ0n) is 19.5. The highest BCUT2D eigenvalue weighted by atomic mass is 35.5. The lowest BCUT2D eigenvalue weighted by Crippen LogP contribution is -2.51. The van der Waals surface area contributed by atoms with Crippen molar-refractivity contribution in [1.82, 2.24) is 10.6 Å². The molecule has 2 amide bonds. The van der Waals surface area contributed by atoms with E-state index in [1.807, 2.05) is 6.92 Å². The summed E-state index contributed by atoms with van der Waals surface area (Å²) in [6, 6.07) is 4.67. The molecule has 1 unspecified atom stereocenters. The second kappa shape index (κ2) is 10.7. The number of methoxy groups -OCH3 is 1. The molecular weight excluding hydrogens is 464 g/mol. The molecule has 0 radical (unpaired) electrons. The fourth-order valence-electron chi connectivity index (χ4n) is 3.10. The Labute approximate surface area is 202 Å². The van der Waals surface area contributed by atoms with Crippen molar-refractivity contribution in [2.45, 2.75) is 44.9 Å². The number of carbonyl (C=O) groups excluding carboxylic acids is 2. The van der Waals surface area contributed by atoms with Gasteiger partial charge in [-0.15, -0.1) is 0 Å². The predicted octanol–water partition coefficient (Wildman–Crippen LogP) is 1.80. The summed E-state index contributed by atoms with van der Waals surface area (Å²) in [6.07, 6.45) is 3.72. The van der Waals surface area contributed by atoms with Gasteiger partial charge in [0.15, 0.2) is 6.61 Å². The second-order valence-corrected chi connectivity index (χ2v) is 9.06. The first-order chi connectivity index (χ1) is 15.8. The predicted molar refractivity (Wildman–Crippen MR) is 127 cm³/mol. The molecule has 1 atom stereocenters. The quantitative estimate of drug-likeness (QED) is 0.245. The number of hydrogen-bond acceptors (Lipinski definition) is 6. The van der Waals surface area contributed by atoms with Crippen LogP contribution in [0.2, 0.25) is 0 Å². The Morgan fingerprint density at radius 1 is 1.32 bits per heavy atom. The van der Waals surface area contributed by atoms with Gasteiger partial charge in [0.1, 0.15) is 17.1 Å². The van der Waals surface area contributed by atoms with Crippen molar-refractivity contribution in [3.8, 4) is 5.75 Å². The van der Waals surface area contributed by atoms with Gasteiger partial charge in [0.25, 0.3) is 11.8 Å². The molecule has 1 aliphatic carbocycles. The number of nitrogens with two attached hydrogens (primary N) is 1. The molecule has 0 saturated carbocycles. The summed E-state index contributed by atoms with van der Waals surface area (Å²) in [5, 5.41) is 22.4. The Morgan fingerprint density at radius 2 is 2.00 bits per heavy atom. The third kappa shape index (κ3) is 7.06. The van der Waals surface area contributed by atoms with E-state index in [1.54, 1.807) is 24.3 Å². The molecule has 0 heterocycles. The molecule has 34 heavy (non-hydrogen) atoms. The van der Waals surface area contributed by atoms with Crippen LogP contribution in [0.1, 0.15) is 38.3 Å². The van der Waals surface area contributed by atoms with Crippen LogP contribution in [-0.4, -0.2) is 53.6 Å². The average molecular weight is 493 g/mol. The molecule has 10 nitrogen and oxygen atoms in total. The monoisotopic (exact) mass is 492 g/mol. The normalized spacial score (nSPS) is 17.8. The summed E-state index contributed by atoms with van der Waals surface area (Å²) in [7, 11) is 1.54. The number of aliphatic carboxylic acids is 1. The third-order valence-electron chi connectivity index (χ3n) is 5.18. The third-order valence-corrected chi connectivity index (χ3v) is 5.43. The number of carboxylic acids is 1. The van der Waals surface area contributed by atoms with Crippen molar-refractivity contribution in [2.24, 2.45) is 5.73 Å². The first-order valence-corrected chi connectivity index (χ1v) is 10.7. The number of nitrogens with one attached hydrogen (secondary N) is 3. The molecular formula is C23H29ClN4O6. The Morgan fingerprint density at radius 3 is 2.59 bits per heavy atom. The Bertz CT molecular complexity index is 1070. The number of halogens is 1. The van der Waals surface area contributed by atoms with Crippen LogP contribution in [0, 0.1) is 5.41 Å². The number of ether oxygens (including phenoxy) is 2. The van der Waals surface area contributed by atoms with E-state index in [1.165, 1.54) is 27.0 Å². The molecule has 0 aliphatic heterocycles. The SMILES string of the molecule is COC1(C)C=C(C(=O)NCc2ccc(C(=N)N)cc2OCC(=O)NC(C)(C)C(=O)O)C=C(Cl)C1. The van der Waals surface area contributed by atoms with Gasteiger partial charge in [-0.2, -0.15) is 0 Å². The first-order valence-electron chi connectivity index (χ1n) is 10.3. The van der Waals surface area contributed by atoms with Crippen LogP contribution in [0.3, 0.4) is 0 Å². The smallest absolute Gasteiger partial charge is 0.328 e. The van der Waals surface area contributed by atoms with Crippen LogP contribution in [0.4, 0.5) is 0 Å². The van der Waals surface area contributed by atoms with Gasteiger partial charge in [-0.1, -0.05) is 23.7 Å². The summed E-state index contributed by atoms with van der Waals surface area (Å²) in [6.45, 7) is 4.08. The van der Waals surface area contributed by atoms with Gasteiger partial charge in [0.2, 0.25) is 0 Å². The van der Waals surface area contributed by atoms with Crippen molar-refractivity contribution in [1.29, 1.82) is 5.41 Å². The van der Waals surface area contributed by atoms with Gasteiger partial charge in [0, 0.05) is 41.8 Å². The lowest BCUT2D eigenvalue weighted by atomic mass is 9.92. The molecule has 6 N–H and O–H groups in total. The summed E-state index contributed by atoms with van der Waals surface area (Å²) in [5.41, 5.74) is 4.60. The number of amidine groups is 1. The number of carboxylic acid groups (broad SMARTS) is 1. The molecule has 0 saturated heterocycles. The molecule has 184 valence electrons. The minimum atomic E-state index is -1.47. The van der Waals surface area contributed by atoms with E-state index in [2.05, 4.69) is 10.6 Å². The van der Waals surface area contributed by atoms with E-state index in [9.17, 15) is 14.4 Å².